The van der Waals surface area contributed by atoms with Crippen molar-refractivity contribution in [3.63, 3.8) is 0 Å². The topological polar surface area (TPSA) is 86.8 Å². The van der Waals surface area contributed by atoms with E-state index in [2.05, 4.69) is 5.32 Å². The molecule has 0 bridgehead atoms. The van der Waals surface area contributed by atoms with Crippen LogP contribution in [0.1, 0.15) is 50.2 Å². The maximum absolute atomic E-state index is 13.6. The van der Waals surface area contributed by atoms with Crippen molar-refractivity contribution in [3.05, 3.63) is 65.7 Å². The van der Waals surface area contributed by atoms with E-state index in [9.17, 15) is 18.0 Å². The maximum Gasteiger partial charge on any atom is 0.244 e. The normalized spacial score (nSPS) is 15.4. The Hall–Kier alpha value is -2.87. The SMILES string of the molecule is Cc1ccccc1CN(C(=O)CN(c1ccccc1)S(C)(=O)=O)[C@H](C)C(=O)NC1CCCCC1. The van der Waals surface area contributed by atoms with Gasteiger partial charge in [-0.3, -0.25) is 13.9 Å². The van der Waals surface area contributed by atoms with Crippen molar-refractivity contribution in [1.29, 1.82) is 0 Å². The van der Waals surface area contributed by atoms with E-state index in [4.69, 9.17) is 0 Å². The third-order valence-electron chi connectivity index (χ3n) is 6.44. The molecule has 8 heteroatoms. The van der Waals surface area contributed by atoms with Gasteiger partial charge in [0, 0.05) is 12.6 Å². The highest BCUT2D eigenvalue weighted by atomic mass is 32.2. The van der Waals surface area contributed by atoms with Crippen molar-refractivity contribution in [2.24, 2.45) is 0 Å². The molecule has 2 aromatic rings. The fourth-order valence-electron chi connectivity index (χ4n) is 4.33. The van der Waals surface area contributed by atoms with Gasteiger partial charge >= 0.3 is 0 Å². The van der Waals surface area contributed by atoms with Crippen molar-refractivity contribution >= 4 is 27.5 Å². The van der Waals surface area contributed by atoms with Crippen molar-refractivity contribution in [1.82, 2.24) is 10.2 Å². The van der Waals surface area contributed by atoms with Gasteiger partial charge in [0.2, 0.25) is 21.8 Å². The zero-order valence-electron chi connectivity index (χ0n) is 20.2. The minimum atomic E-state index is -3.71. The van der Waals surface area contributed by atoms with Crippen LogP contribution in [-0.2, 0) is 26.2 Å². The predicted molar refractivity (Wildman–Crippen MR) is 135 cm³/mol. The lowest BCUT2D eigenvalue weighted by molar-refractivity contribution is -0.139. The molecule has 1 N–H and O–H groups in total. The first-order chi connectivity index (χ1) is 16.2. The molecule has 2 amide bonds. The van der Waals surface area contributed by atoms with Gasteiger partial charge in [0.1, 0.15) is 12.6 Å². The van der Waals surface area contributed by atoms with Gasteiger partial charge in [-0.1, -0.05) is 61.7 Å². The highest BCUT2D eigenvalue weighted by Gasteiger charge is 2.31. The van der Waals surface area contributed by atoms with Crippen molar-refractivity contribution in [3.8, 4) is 0 Å². The lowest BCUT2D eigenvalue weighted by atomic mass is 9.95. The van der Waals surface area contributed by atoms with Crippen LogP contribution >= 0.6 is 0 Å². The second-order valence-electron chi connectivity index (χ2n) is 9.07. The molecular weight excluding hydrogens is 450 g/mol. The van der Waals surface area contributed by atoms with Crippen LogP contribution in [0.15, 0.2) is 54.6 Å². The Morgan fingerprint density at radius 2 is 1.62 bits per heavy atom. The number of aryl methyl sites for hydroxylation is 1. The number of rotatable bonds is 9. The summed E-state index contributed by atoms with van der Waals surface area (Å²) in [5.74, 6) is -0.636. The van der Waals surface area contributed by atoms with E-state index < -0.39 is 22.0 Å². The van der Waals surface area contributed by atoms with E-state index in [-0.39, 0.29) is 25.0 Å². The molecule has 2 aromatic carbocycles. The standard InChI is InChI=1S/C26H35N3O4S/c1-20-12-10-11-13-22(20)18-28(21(2)26(31)27-23-14-6-4-7-15-23)25(30)19-29(34(3,32)33)24-16-8-5-9-17-24/h5,8-13,16-17,21,23H,4,6-7,14-15,18-19H2,1-3H3,(H,27,31)/t21-/m1/s1. The number of nitrogens with zero attached hydrogens (tertiary/aromatic N) is 2. The fourth-order valence-corrected chi connectivity index (χ4v) is 5.18. The number of nitrogens with one attached hydrogen (secondary N) is 1. The minimum absolute atomic E-state index is 0.121. The number of amides is 2. The molecule has 0 spiro atoms. The van der Waals surface area contributed by atoms with E-state index >= 15 is 0 Å². The summed E-state index contributed by atoms with van der Waals surface area (Å²) in [5, 5.41) is 3.10. The number of carbonyl (C=O) groups is 2. The molecule has 7 nitrogen and oxygen atoms in total. The summed E-state index contributed by atoms with van der Waals surface area (Å²) in [4.78, 5) is 28.2. The Bertz CT molecular complexity index is 1080. The minimum Gasteiger partial charge on any atom is -0.352 e. The molecule has 1 aliphatic carbocycles. The molecule has 1 atom stereocenters. The summed E-state index contributed by atoms with van der Waals surface area (Å²) in [6.07, 6.45) is 6.33. The van der Waals surface area contributed by atoms with Crippen LogP contribution in [0.4, 0.5) is 5.69 Å². The number of carbonyl (C=O) groups excluding carboxylic acids is 2. The average molecular weight is 486 g/mol. The first-order valence-electron chi connectivity index (χ1n) is 11.8. The number of sulfonamides is 1. The van der Waals surface area contributed by atoms with Crippen LogP contribution in [0, 0.1) is 6.92 Å². The van der Waals surface area contributed by atoms with Gasteiger partial charge < -0.3 is 10.2 Å². The van der Waals surface area contributed by atoms with Gasteiger partial charge in [0.15, 0.2) is 0 Å². The van der Waals surface area contributed by atoms with Crippen LogP contribution < -0.4 is 9.62 Å². The predicted octanol–water partition coefficient (Wildman–Crippen LogP) is 3.63. The Balaban J connectivity index is 1.86. The molecule has 1 fully saturated rings. The lowest BCUT2D eigenvalue weighted by Crippen LogP contribution is -2.53. The molecule has 0 aromatic heterocycles. The van der Waals surface area contributed by atoms with Crippen molar-refractivity contribution in [2.45, 2.75) is 64.6 Å². The zero-order valence-corrected chi connectivity index (χ0v) is 21.1. The monoisotopic (exact) mass is 485 g/mol. The summed E-state index contributed by atoms with van der Waals surface area (Å²) in [7, 11) is -3.71. The first kappa shape index (κ1) is 25.7. The number of hydrogen-bond acceptors (Lipinski definition) is 4. The second-order valence-corrected chi connectivity index (χ2v) is 11.0. The molecule has 0 unspecified atom stereocenters. The lowest BCUT2D eigenvalue weighted by Gasteiger charge is -2.33. The molecule has 1 aliphatic rings. The summed E-state index contributed by atoms with van der Waals surface area (Å²) in [6.45, 7) is 3.51. The van der Waals surface area contributed by atoms with Crippen LogP contribution in [0.3, 0.4) is 0 Å². The quantitative estimate of drug-likeness (QED) is 0.588. The Labute approximate surface area is 203 Å². The highest BCUT2D eigenvalue weighted by Crippen LogP contribution is 2.21. The van der Waals surface area contributed by atoms with Crippen LogP contribution in [-0.4, -0.2) is 50.0 Å². The molecule has 3 rings (SSSR count). The highest BCUT2D eigenvalue weighted by molar-refractivity contribution is 7.92. The number of hydrogen-bond donors (Lipinski definition) is 1. The van der Waals surface area contributed by atoms with Gasteiger partial charge in [0.05, 0.1) is 11.9 Å². The Kier molecular flexibility index (Phi) is 8.72. The van der Waals surface area contributed by atoms with Crippen LogP contribution in [0.5, 0.6) is 0 Å². The summed E-state index contributed by atoms with van der Waals surface area (Å²) in [6, 6.07) is 15.6. The van der Waals surface area contributed by atoms with E-state index in [1.165, 1.54) is 11.3 Å². The molecule has 34 heavy (non-hydrogen) atoms. The summed E-state index contributed by atoms with van der Waals surface area (Å²) in [5.41, 5.74) is 2.33. The van der Waals surface area contributed by atoms with Crippen molar-refractivity contribution < 1.29 is 18.0 Å². The van der Waals surface area contributed by atoms with Crippen LogP contribution in [0.25, 0.3) is 0 Å². The third kappa shape index (κ3) is 6.82. The number of para-hydroxylation sites is 1. The summed E-state index contributed by atoms with van der Waals surface area (Å²) >= 11 is 0. The van der Waals surface area contributed by atoms with Gasteiger partial charge in [-0.05, 0) is 49.9 Å². The molecule has 0 aliphatic heterocycles. The molecule has 0 radical (unpaired) electrons. The molecule has 0 saturated heterocycles. The maximum atomic E-state index is 13.6. The fraction of sp³-hybridized carbons (Fsp3) is 0.462. The van der Waals surface area contributed by atoms with Crippen LogP contribution in [0.2, 0.25) is 0 Å². The van der Waals surface area contributed by atoms with E-state index in [0.717, 1.165) is 47.4 Å². The Morgan fingerprint density at radius 3 is 2.24 bits per heavy atom. The van der Waals surface area contributed by atoms with Gasteiger partial charge in [-0.25, -0.2) is 8.42 Å². The number of benzene rings is 2. The molecule has 1 saturated carbocycles. The summed E-state index contributed by atoms with van der Waals surface area (Å²) < 4.78 is 26.2. The Morgan fingerprint density at radius 1 is 1.00 bits per heavy atom. The average Bonchev–Trinajstić information content (AvgIpc) is 2.82. The van der Waals surface area contributed by atoms with Gasteiger partial charge in [-0.15, -0.1) is 0 Å². The third-order valence-corrected chi connectivity index (χ3v) is 7.58. The largest absolute Gasteiger partial charge is 0.352 e. The smallest absolute Gasteiger partial charge is 0.244 e. The second kappa shape index (κ2) is 11.5. The first-order valence-corrected chi connectivity index (χ1v) is 13.7. The van der Waals surface area contributed by atoms with E-state index in [0.29, 0.717) is 5.69 Å². The van der Waals surface area contributed by atoms with E-state index in [1.54, 1.807) is 37.3 Å². The molecule has 184 valence electrons. The number of anilines is 1. The molecular formula is C26H35N3O4S. The van der Waals surface area contributed by atoms with Crippen molar-refractivity contribution in [2.75, 3.05) is 17.1 Å². The molecule has 0 heterocycles. The van der Waals surface area contributed by atoms with Gasteiger partial charge in [0.25, 0.3) is 0 Å². The zero-order chi connectivity index (χ0) is 24.7. The van der Waals surface area contributed by atoms with Gasteiger partial charge in [-0.2, -0.15) is 0 Å². The van der Waals surface area contributed by atoms with E-state index in [1.807, 2.05) is 31.2 Å².